The van der Waals surface area contributed by atoms with Gasteiger partial charge in [0.05, 0.1) is 12.2 Å². The first kappa shape index (κ1) is 16.1. The summed E-state index contributed by atoms with van der Waals surface area (Å²) in [5.41, 5.74) is 7.22. The van der Waals surface area contributed by atoms with E-state index in [1.807, 2.05) is 5.38 Å². The van der Waals surface area contributed by atoms with Crippen molar-refractivity contribution in [2.45, 2.75) is 19.4 Å². The van der Waals surface area contributed by atoms with Gasteiger partial charge in [0, 0.05) is 36.8 Å². The van der Waals surface area contributed by atoms with Gasteiger partial charge in [0.1, 0.15) is 0 Å². The van der Waals surface area contributed by atoms with Crippen LogP contribution >= 0.6 is 11.3 Å². The second-order valence-corrected chi connectivity index (χ2v) is 6.06. The number of amides is 1. The lowest BCUT2D eigenvalue weighted by Gasteiger charge is -2.14. The van der Waals surface area contributed by atoms with Gasteiger partial charge in [-0.15, -0.1) is 11.3 Å². The summed E-state index contributed by atoms with van der Waals surface area (Å²) in [5, 5.41) is 6.30. The van der Waals surface area contributed by atoms with Gasteiger partial charge in [-0.05, 0) is 18.6 Å². The average Bonchev–Trinajstić information content (AvgIpc) is 3.22. The van der Waals surface area contributed by atoms with Gasteiger partial charge in [0.25, 0.3) is 0 Å². The molecule has 8 nitrogen and oxygen atoms in total. The number of carbonyl (C=O) groups excluding carboxylic acids is 1. The third-order valence-corrected chi connectivity index (χ3v) is 4.09. The van der Waals surface area contributed by atoms with E-state index in [1.54, 1.807) is 36.5 Å². The van der Waals surface area contributed by atoms with Crippen molar-refractivity contribution in [1.29, 1.82) is 0 Å². The van der Waals surface area contributed by atoms with E-state index in [-0.39, 0.29) is 12.5 Å². The molecule has 124 valence electrons. The van der Waals surface area contributed by atoms with E-state index < -0.39 is 0 Å². The number of nitrogens with two attached hydrogens (primary N) is 1. The molecule has 0 unspecified atom stereocenters. The second-order valence-electron chi connectivity index (χ2n) is 5.17. The molecule has 1 amide bonds. The van der Waals surface area contributed by atoms with Crippen LogP contribution in [0.2, 0.25) is 0 Å². The number of rotatable bonds is 6. The maximum atomic E-state index is 12.2. The Morgan fingerprint density at radius 3 is 2.83 bits per heavy atom. The smallest absolute Gasteiger partial charge is 0.246 e. The highest BCUT2D eigenvalue weighted by Gasteiger charge is 2.15. The van der Waals surface area contributed by atoms with Crippen LogP contribution in [0.4, 0.5) is 5.13 Å². The number of hydrogen-bond donors (Lipinski definition) is 1. The molecule has 0 saturated carbocycles. The first-order valence-electron chi connectivity index (χ1n) is 7.28. The molecule has 24 heavy (non-hydrogen) atoms. The van der Waals surface area contributed by atoms with Gasteiger partial charge in [-0.1, -0.05) is 5.16 Å². The van der Waals surface area contributed by atoms with Crippen molar-refractivity contribution in [2.75, 3.05) is 12.8 Å². The largest absolute Gasteiger partial charge is 0.375 e. The van der Waals surface area contributed by atoms with Crippen molar-refractivity contribution in [3.8, 4) is 11.4 Å². The first-order valence-corrected chi connectivity index (χ1v) is 8.16. The summed E-state index contributed by atoms with van der Waals surface area (Å²) < 4.78 is 5.20. The molecule has 0 aliphatic carbocycles. The number of aromatic nitrogens is 4. The van der Waals surface area contributed by atoms with Crippen LogP contribution in [0.15, 0.2) is 34.4 Å². The van der Waals surface area contributed by atoms with Gasteiger partial charge < -0.3 is 15.2 Å². The van der Waals surface area contributed by atoms with Gasteiger partial charge in [-0.3, -0.25) is 9.78 Å². The van der Waals surface area contributed by atoms with E-state index in [1.165, 1.54) is 11.3 Å². The summed E-state index contributed by atoms with van der Waals surface area (Å²) in [6, 6.07) is 3.59. The van der Waals surface area contributed by atoms with Crippen LogP contribution < -0.4 is 5.73 Å². The Labute approximate surface area is 142 Å². The number of nitrogens with zero attached hydrogens (tertiary/aromatic N) is 5. The fourth-order valence-electron chi connectivity index (χ4n) is 2.09. The van der Waals surface area contributed by atoms with Crippen LogP contribution in [0.25, 0.3) is 11.4 Å². The average molecular weight is 344 g/mol. The Morgan fingerprint density at radius 2 is 2.12 bits per heavy atom. The van der Waals surface area contributed by atoms with Crippen molar-refractivity contribution in [2.24, 2.45) is 0 Å². The minimum Gasteiger partial charge on any atom is -0.375 e. The molecule has 3 aromatic rings. The predicted molar refractivity (Wildman–Crippen MR) is 88.9 cm³/mol. The monoisotopic (exact) mass is 344 g/mol. The molecule has 2 N–H and O–H groups in total. The molecule has 0 aliphatic rings. The molecule has 3 rings (SSSR count). The van der Waals surface area contributed by atoms with Gasteiger partial charge in [0.15, 0.2) is 5.13 Å². The summed E-state index contributed by atoms with van der Waals surface area (Å²) in [6.45, 7) is 0.260. The fourth-order valence-corrected chi connectivity index (χ4v) is 2.69. The molecule has 0 fully saturated rings. The lowest BCUT2D eigenvalue weighted by atomic mass is 10.2. The van der Waals surface area contributed by atoms with Crippen LogP contribution in [-0.4, -0.2) is 38.0 Å². The SMILES string of the molecule is CN(Cc1nc(-c2ccncc2)no1)C(=O)CCc1csc(N)n1. The lowest BCUT2D eigenvalue weighted by Crippen LogP contribution is -2.26. The molecular formula is C15H16N6O2S. The predicted octanol–water partition coefficient (Wildman–Crippen LogP) is 1.76. The Morgan fingerprint density at radius 1 is 1.33 bits per heavy atom. The second kappa shape index (κ2) is 7.18. The quantitative estimate of drug-likeness (QED) is 0.725. The molecular weight excluding hydrogens is 328 g/mol. The van der Waals surface area contributed by atoms with Crippen molar-refractivity contribution in [3.05, 3.63) is 41.5 Å². The fraction of sp³-hybridized carbons (Fsp3) is 0.267. The molecule has 0 radical (unpaired) electrons. The van der Waals surface area contributed by atoms with Crippen molar-refractivity contribution in [1.82, 2.24) is 25.0 Å². The van der Waals surface area contributed by atoms with Gasteiger partial charge >= 0.3 is 0 Å². The van der Waals surface area contributed by atoms with Gasteiger partial charge in [-0.25, -0.2) is 4.98 Å². The van der Waals surface area contributed by atoms with Crippen molar-refractivity contribution >= 4 is 22.4 Å². The van der Waals surface area contributed by atoms with E-state index in [0.29, 0.717) is 29.7 Å². The van der Waals surface area contributed by atoms with Crippen LogP contribution in [0, 0.1) is 0 Å². The molecule has 0 aromatic carbocycles. The van der Waals surface area contributed by atoms with E-state index in [0.717, 1.165) is 11.3 Å². The number of aryl methyl sites for hydroxylation is 1. The molecule has 3 heterocycles. The highest BCUT2D eigenvalue weighted by Crippen LogP contribution is 2.16. The van der Waals surface area contributed by atoms with Gasteiger partial charge in [0.2, 0.25) is 17.6 Å². The van der Waals surface area contributed by atoms with Gasteiger partial charge in [-0.2, -0.15) is 4.98 Å². The van der Waals surface area contributed by atoms with Crippen molar-refractivity contribution < 1.29 is 9.32 Å². The zero-order valence-electron chi connectivity index (χ0n) is 13.0. The molecule has 9 heteroatoms. The highest BCUT2D eigenvalue weighted by atomic mass is 32.1. The first-order chi connectivity index (χ1) is 11.6. The summed E-state index contributed by atoms with van der Waals surface area (Å²) in [6.07, 6.45) is 4.23. The number of pyridine rings is 1. The zero-order chi connectivity index (χ0) is 16.9. The Balaban J connectivity index is 1.55. The summed E-state index contributed by atoms with van der Waals surface area (Å²) in [7, 11) is 1.70. The summed E-state index contributed by atoms with van der Waals surface area (Å²) in [4.78, 5) is 26.1. The third kappa shape index (κ3) is 3.93. The summed E-state index contributed by atoms with van der Waals surface area (Å²) in [5.74, 6) is 0.840. The lowest BCUT2D eigenvalue weighted by molar-refractivity contribution is -0.130. The molecule has 0 bridgehead atoms. The number of anilines is 1. The maximum absolute atomic E-state index is 12.2. The normalized spacial score (nSPS) is 10.7. The Bertz CT molecular complexity index is 816. The van der Waals surface area contributed by atoms with Crippen LogP contribution in [0.1, 0.15) is 18.0 Å². The van der Waals surface area contributed by atoms with Crippen LogP contribution in [0.3, 0.4) is 0 Å². The highest BCUT2D eigenvalue weighted by molar-refractivity contribution is 7.13. The topological polar surface area (TPSA) is 111 Å². The number of hydrogen-bond acceptors (Lipinski definition) is 8. The van der Waals surface area contributed by atoms with Crippen LogP contribution in [0.5, 0.6) is 0 Å². The minimum absolute atomic E-state index is 0.0229. The number of nitrogen functional groups attached to an aromatic ring is 1. The van der Waals surface area contributed by atoms with E-state index in [4.69, 9.17) is 10.3 Å². The number of carbonyl (C=O) groups is 1. The molecule has 0 atom stereocenters. The maximum Gasteiger partial charge on any atom is 0.246 e. The standard InChI is InChI=1S/C15H16N6O2S/c1-21(13(22)3-2-11-9-24-15(16)18-11)8-12-19-14(20-23-12)10-4-6-17-7-5-10/h4-7,9H,2-3,8H2,1H3,(H2,16,18). The zero-order valence-corrected chi connectivity index (χ0v) is 13.9. The van der Waals surface area contributed by atoms with E-state index in [9.17, 15) is 4.79 Å². The van der Waals surface area contributed by atoms with Crippen LogP contribution in [-0.2, 0) is 17.8 Å². The third-order valence-electron chi connectivity index (χ3n) is 3.37. The molecule has 3 aromatic heterocycles. The molecule has 0 spiro atoms. The summed E-state index contributed by atoms with van der Waals surface area (Å²) >= 11 is 1.37. The molecule has 0 aliphatic heterocycles. The molecule has 0 saturated heterocycles. The van der Waals surface area contributed by atoms with E-state index in [2.05, 4.69) is 20.1 Å². The van der Waals surface area contributed by atoms with E-state index >= 15 is 0 Å². The Kier molecular flexibility index (Phi) is 4.80. The number of thiazole rings is 1. The van der Waals surface area contributed by atoms with Crippen molar-refractivity contribution in [3.63, 3.8) is 0 Å². The minimum atomic E-state index is -0.0229. The Hall–Kier alpha value is -2.81.